The van der Waals surface area contributed by atoms with Crippen LogP contribution in [0, 0.1) is 6.92 Å². The molecule has 5 nitrogen and oxygen atoms in total. The van der Waals surface area contributed by atoms with Crippen molar-refractivity contribution in [1.29, 1.82) is 0 Å². The van der Waals surface area contributed by atoms with E-state index in [1.54, 1.807) is 29.9 Å². The molecule has 7 heteroatoms. The van der Waals surface area contributed by atoms with Crippen LogP contribution in [0.5, 0.6) is 0 Å². The Morgan fingerprint density at radius 2 is 2.24 bits per heavy atom. The Hall–Kier alpha value is -2.25. The van der Waals surface area contributed by atoms with Crippen LogP contribution in [0.3, 0.4) is 0 Å². The molecular weight excluding hydrogens is 306 g/mol. The number of aromatic amines is 1. The number of anilines is 1. The minimum Gasteiger partial charge on any atom is -0.328 e. The van der Waals surface area contributed by atoms with Crippen molar-refractivity contribution in [2.75, 3.05) is 5.32 Å². The molecule has 106 valence electrons. The topological polar surface area (TPSA) is 74.8 Å². The molecule has 0 unspecified atom stereocenters. The zero-order chi connectivity index (χ0) is 14.8. The summed E-state index contributed by atoms with van der Waals surface area (Å²) in [6, 6.07) is 5.19. The van der Waals surface area contributed by atoms with E-state index in [1.807, 2.05) is 13.0 Å². The fraction of sp³-hybridized carbons (Fsp3) is 0.0714. The van der Waals surface area contributed by atoms with E-state index in [1.165, 1.54) is 22.7 Å². The van der Waals surface area contributed by atoms with Crippen molar-refractivity contribution >= 4 is 33.7 Å². The monoisotopic (exact) mass is 317 g/mol. The third-order valence-corrected chi connectivity index (χ3v) is 4.69. The molecule has 0 aromatic carbocycles. The molecule has 1 amide bonds. The Morgan fingerprint density at radius 1 is 1.38 bits per heavy atom. The van der Waals surface area contributed by atoms with Crippen LogP contribution >= 0.6 is 22.7 Å². The second kappa shape index (κ2) is 5.63. The molecule has 0 bridgehead atoms. The molecule has 3 aromatic heterocycles. The largest absolute Gasteiger partial charge is 0.328 e. The zero-order valence-electron chi connectivity index (χ0n) is 11.0. The van der Waals surface area contributed by atoms with Gasteiger partial charge in [0.1, 0.15) is 0 Å². The fourth-order valence-electron chi connectivity index (χ4n) is 1.89. The molecule has 0 fully saturated rings. The first-order valence-electron chi connectivity index (χ1n) is 6.14. The summed E-state index contributed by atoms with van der Waals surface area (Å²) in [6.07, 6.45) is 3.32. The number of nitrogens with zero attached hydrogens (tertiary/aromatic N) is 1. The van der Waals surface area contributed by atoms with Gasteiger partial charge in [0.25, 0.3) is 5.91 Å². The van der Waals surface area contributed by atoms with Crippen LogP contribution in [0.25, 0.3) is 10.4 Å². The lowest BCUT2D eigenvalue weighted by molar-refractivity contribution is 0.103. The zero-order valence-corrected chi connectivity index (χ0v) is 12.7. The van der Waals surface area contributed by atoms with Crippen LogP contribution in [0.4, 0.5) is 5.13 Å². The molecule has 0 spiro atoms. The van der Waals surface area contributed by atoms with Crippen molar-refractivity contribution < 1.29 is 4.79 Å². The summed E-state index contributed by atoms with van der Waals surface area (Å²) in [4.78, 5) is 31.6. The van der Waals surface area contributed by atoms with Gasteiger partial charge in [-0.3, -0.25) is 14.9 Å². The van der Waals surface area contributed by atoms with Crippen LogP contribution in [0.1, 0.15) is 15.2 Å². The SMILES string of the molecule is Cc1cc(=O)[nH]cc1-c1ccc(C(=O)Nc2nccs2)s1. The third-order valence-electron chi connectivity index (χ3n) is 2.88. The maximum Gasteiger partial charge on any atom is 0.267 e. The standard InChI is InChI=1S/C14H11N3O2S2/c1-8-6-12(18)16-7-9(8)10-2-3-11(21-10)13(19)17-14-15-4-5-20-14/h2-7H,1H3,(H,16,18)(H,15,17,19). The maximum atomic E-state index is 12.1. The van der Waals surface area contributed by atoms with Crippen LogP contribution in [-0.4, -0.2) is 15.9 Å². The number of thiophene rings is 1. The quantitative estimate of drug-likeness (QED) is 0.779. The molecule has 0 aliphatic heterocycles. The Morgan fingerprint density at radius 3 is 2.95 bits per heavy atom. The van der Waals surface area contributed by atoms with Crippen molar-refractivity contribution in [3.8, 4) is 10.4 Å². The lowest BCUT2D eigenvalue weighted by atomic mass is 10.1. The van der Waals surface area contributed by atoms with Crippen LogP contribution < -0.4 is 10.9 Å². The summed E-state index contributed by atoms with van der Waals surface area (Å²) in [5, 5.41) is 5.13. The number of pyridine rings is 1. The maximum absolute atomic E-state index is 12.1. The average molecular weight is 317 g/mol. The van der Waals surface area contributed by atoms with E-state index in [2.05, 4.69) is 15.3 Å². The first-order valence-corrected chi connectivity index (χ1v) is 7.83. The van der Waals surface area contributed by atoms with E-state index in [-0.39, 0.29) is 11.5 Å². The van der Waals surface area contributed by atoms with Gasteiger partial charge in [0.05, 0.1) is 4.88 Å². The second-order valence-electron chi connectivity index (χ2n) is 4.35. The molecule has 0 aliphatic carbocycles. The Bertz CT molecular complexity index is 834. The van der Waals surface area contributed by atoms with Crippen molar-refractivity contribution in [2.45, 2.75) is 6.92 Å². The van der Waals surface area contributed by atoms with Crippen molar-refractivity contribution in [1.82, 2.24) is 9.97 Å². The van der Waals surface area contributed by atoms with Crippen molar-refractivity contribution in [2.24, 2.45) is 0 Å². The number of thiazole rings is 1. The van der Waals surface area contributed by atoms with E-state index < -0.39 is 0 Å². The molecule has 0 aliphatic rings. The third kappa shape index (κ3) is 2.93. The summed E-state index contributed by atoms with van der Waals surface area (Å²) in [5.74, 6) is -0.178. The molecule has 2 N–H and O–H groups in total. The smallest absolute Gasteiger partial charge is 0.267 e. The van der Waals surface area contributed by atoms with E-state index in [0.29, 0.717) is 10.0 Å². The summed E-state index contributed by atoms with van der Waals surface area (Å²) < 4.78 is 0. The second-order valence-corrected chi connectivity index (χ2v) is 6.33. The summed E-state index contributed by atoms with van der Waals surface area (Å²) >= 11 is 2.75. The molecule has 0 radical (unpaired) electrons. The van der Waals surface area contributed by atoms with Gasteiger partial charge in [0, 0.05) is 34.3 Å². The van der Waals surface area contributed by atoms with E-state index in [9.17, 15) is 9.59 Å². The number of hydrogen-bond donors (Lipinski definition) is 2. The highest BCUT2D eigenvalue weighted by Crippen LogP contribution is 2.29. The van der Waals surface area contributed by atoms with Crippen molar-refractivity contribution in [3.63, 3.8) is 0 Å². The van der Waals surface area contributed by atoms with Crippen molar-refractivity contribution in [3.05, 3.63) is 56.8 Å². The fourth-order valence-corrected chi connectivity index (χ4v) is 3.39. The molecule has 0 saturated carbocycles. The molecule has 3 rings (SSSR count). The molecule has 0 atom stereocenters. The van der Waals surface area contributed by atoms with Crippen LogP contribution in [0.15, 0.2) is 40.8 Å². The van der Waals surface area contributed by atoms with Gasteiger partial charge >= 0.3 is 0 Å². The minimum atomic E-state index is -0.178. The van der Waals surface area contributed by atoms with Crippen LogP contribution in [-0.2, 0) is 0 Å². The average Bonchev–Trinajstić information content (AvgIpc) is 3.09. The number of aromatic nitrogens is 2. The number of H-pyrrole nitrogens is 1. The molecule has 3 aromatic rings. The van der Waals surface area contributed by atoms with E-state index in [4.69, 9.17) is 0 Å². The van der Waals surface area contributed by atoms with Gasteiger partial charge in [-0.15, -0.1) is 22.7 Å². The van der Waals surface area contributed by atoms with Crippen LogP contribution in [0.2, 0.25) is 0 Å². The highest BCUT2D eigenvalue weighted by Gasteiger charge is 2.12. The number of carbonyl (C=O) groups is 1. The summed E-state index contributed by atoms with van der Waals surface area (Å²) in [6.45, 7) is 1.87. The summed E-state index contributed by atoms with van der Waals surface area (Å²) in [5.41, 5.74) is 1.68. The van der Waals surface area contributed by atoms with E-state index in [0.717, 1.165) is 16.0 Å². The normalized spacial score (nSPS) is 10.5. The van der Waals surface area contributed by atoms with Gasteiger partial charge in [-0.2, -0.15) is 0 Å². The minimum absolute atomic E-state index is 0.130. The Labute approximate surface area is 128 Å². The van der Waals surface area contributed by atoms with Gasteiger partial charge in [-0.25, -0.2) is 4.98 Å². The predicted octanol–water partition coefficient (Wildman–Crippen LogP) is 3.12. The Kier molecular flexibility index (Phi) is 3.68. The summed E-state index contributed by atoms with van der Waals surface area (Å²) in [7, 11) is 0. The lowest BCUT2D eigenvalue weighted by Gasteiger charge is -2.01. The Balaban J connectivity index is 1.86. The number of rotatable bonds is 3. The molecule has 3 heterocycles. The number of amides is 1. The molecule has 21 heavy (non-hydrogen) atoms. The highest BCUT2D eigenvalue weighted by atomic mass is 32.1. The van der Waals surface area contributed by atoms with Gasteiger partial charge in [-0.05, 0) is 24.6 Å². The number of carbonyl (C=O) groups excluding carboxylic acids is 1. The lowest BCUT2D eigenvalue weighted by Crippen LogP contribution is -2.09. The van der Waals surface area contributed by atoms with E-state index >= 15 is 0 Å². The van der Waals surface area contributed by atoms with Gasteiger partial charge in [0.15, 0.2) is 5.13 Å². The highest BCUT2D eigenvalue weighted by molar-refractivity contribution is 7.17. The number of aryl methyl sites for hydroxylation is 1. The van der Waals surface area contributed by atoms with Gasteiger partial charge in [-0.1, -0.05) is 0 Å². The van der Waals surface area contributed by atoms with Gasteiger partial charge in [0.2, 0.25) is 5.56 Å². The predicted molar refractivity (Wildman–Crippen MR) is 85.2 cm³/mol. The number of hydrogen-bond acceptors (Lipinski definition) is 5. The molecular formula is C14H11N3O2S2. The van der Waals surface area contributed by atoms with Gasteiger partial charge < -0.3 is 4.98 Å². The first-order chi connectivity index (χ1) is 10.1. The number of nitrogens with one attached hydrogen (secondary N) is 2. The molecule has 0 saturated heterocycles. The first kappa shape index (κ1) is 13.7.